The van der Waals surface area contributed by atoms with Crippen LogP contribution in [0.15, 0.2) is 24.9 Å². The average molecular weight is 221 g/mol. The minimum absolute atomic E-state index is 0.757. The van der Waals surface area contributed by atoms with Gasteiger partial charge in [-0.15, -0.1) is 6.58 Å². The molecule has 0 radical (unpaired) electrons. The maximum absolute atomic E-state index is 4.26. The molecule has 16 heavy (non-hydrogen) atoms. The number of allylic oxidation sites excluding steroid dienone is 1. The average Bonchev–Trinajstić information content (AvgIpc) is 2.31. The first kappa shape index (κ1) is 13.3. The number of hydrogen-bond acceptors (Lipinski definition) is 1. The molecule has 0 bridgehead atoms. The molecule has 1 heteroatoms. The predicted octanol–water partition coefficient (Wildman–Crippen LogP) is 4.51. The first-order chi connectivity index (χ1) is 7.79. The number of nitrogens with zero attached hydrogens (tertiary/aromatic N) is 1. The Bertz CT molecular complexity index is 213. The molecule has 0 aromatic carbocycles. The molecule has 0 atom stereocenters. The normalized spacial score (nSPS) is 17.1. The highest BCUT2D eigenvalue weighted by molar-refractivity contribution is 4.98. The third-order valence-electron chi connectivity index (χ3n) is 3.53. The fourth-order valence-corrected chi connectivity index (χ4v) is 2.65. The molecule has 1 rings (SSSR count). The van der Waals surface area contributed by atoms with Gasteiger partial charge in [-0.1, -0.05) is 45.3 Å². The predicted molar refractivity (Wildman–Crippen MR) is 72.4 cm³/mol. The van der Waals surface area contributed by atoms with Crippen LogP contribution in [-0.4, -0.2) is 17.5 Å². The summed E-state index contributed by atoms with van der Waals surface area (Å²) in [5, 5.41) is 0. The smallest absolute Gasteiger partial charge is 0.0286 e. The molecule has 0 heterocycles. The fraction of sp³-hybridized carbons (Fsp3) is 0.733. The zero-order valence-corrected chi connectivity index (χ0v) is 10.9. The van der Waals surface area contributed by atoms with Gasteiger partial charge in [0.2, 0.25) is 0 Å². The van der Waals surface area contributed by atoms with E-state index >= 15 is 0 Å². The first-order valence-corrected chi connectivity index (χ1v) is 6.85. The lowest BCUT2D eigenvalue weighted by Gasteiger charge is -2.37. The van der Waals surface area contributed by atoms with Crippen LogP contribution >= 0.6 is 0 Å². The Balaban J connectivity index is 2.53. The summed E-state index contributed by atoms with van der Waals surface area (Å²) in [5.74, 6) is 0. The van der Waals surface area contributed by atoms with Crippen molar-refractivity contribution in [3.05, 3.63) is 24.9 Å². The van der Waals surface area contributed by atoms with E-state index < -0.39 is 0 Å². The minimum Gasteiger partial charge on any atom is -0.372 e. The standard InChI is InChI=1S/C15H27N/c1-4-6-13-16(14(3)10-5-2)15-11-8-7-9-12-15/h4,15H,1,3,5-13H2,2H3. The van der Waals surface area contributed by atoms with Crippen molar-refractivity contribution >= 4 is 0 Å². The van der Waals surface area contributed by atoms with Crippen LogP contribution in [0.25, 0.3) is 0 Å². The monoisotopic (exact) mass is 221 g/mol. The summed E-state index contributed by atoms with van der Waals surface area (Å²) in [5.41, 5.74) is 1.34. The van der Waals surface area contributed by atoms with Gasteiger partial charge in [-0.3, -0.25) is 0 Å². The van der Waals surface area contributed by atoms with Crippen LogP contribution in [0.1, 0.15) is 58.3 Å². The van der Waals surface area contributed by atoms with E-state index in [0.717, 1.165) is 25.4 Å². The van der Waals surface area contributed by atoms with Gasteiger partial charge in [0, 0.05) is 18.3 Å². The van der Waals surface area contributed by atoms with Gasteiger partial charge < -0.3 is 4.90 Å². The molecule has 1 saturated carbocycles. The van der Waals surface area contributed by atoms with Gasteiger partial charge in [0.15, 0.2) is 0 Å². The van der Waals surface area contributed by atoms with E-state index in [4.69, 9.17) is 0 Å². The largest absolute Gasteiger partial charge is 0.372 e. The summed E-state index contributed by atoms with van der Waals surface area (Å²) in [6.07, 6.45) is 12.4. The maximum Gasteiger partial charge on any atom is 0.0286 e. The van der Waals surface area contributed by atoms with Crippen LogP contribution in [-0.2, 0) is 0 Å². The lowest BCUT2D eigenvalue weighted by atomic mass is 9.93. The molecule has 0 saturated heterocycles. The fourth-order valence-electron chi connectivity index (χ4n) is 2.65. The zero-order chi connectivity index (χ0) is 11.8. The molecule has 0 aromatic rings. The van der Waals surface area contributed by atoms with Crippen LogP contribution in [0, 0.1) is 0 Å². The van der Waals surface area contributed by atoms with Crippen molar-refractivity contribution in [2.24, 2.45) is 0 Å². The van der Waals surface area contributed by atoms with Crippen molar-refractivity contribution in [2.45, 2.75) is 64.3 Å². The van der Waals surface area contributed by atoms with E-state index in [9.17, 15) is 0 Å². The summed E-state index contributed by atoms with van der Waals surface area (Å²) in [4.78, 5) is 2.56. The molecule has 0 unspecified atom stereocenters. The highest BCUT2D eigenvalue weighted by Gasteiger charge is 2.20. The zero-order valence-electron chi connectivity index (χ0n) is 10.9. The molecule has 1 nitrogen and oxygen atoms in total. The third-order valence-corrected chi connectivity index (χ3v) is 3.53. The Morgan fingerprint density at radius 3 is 2.56 bits per heavy atom. The van der Waals surface area contributed by atoms with Crippen molar-refractivity contribution in [3.8, 4) is 0 Å². The Morgan fingerprint density at radius 1 is 1.31 bits per heavy atom. The first-order valence-electron chi connectivity index (χ1n) is 6.85. The van der Waals surface area contributed by atoms with Gasteiger partial charge in [-0.25, -0.2) is 0 Å². The lowest BCUT2D eigenvalue weighted by molar-refractivity contribution is 0.197. The summed E-state index contributed by atoms with van der Waals surface area (Å²) in [6, 6.07) is 0.757. The van der Waals surface area contributed by atoms with Crippen molar-refractivity contribution in [1.82, 2.24) is 4.90 Å². The van der Waals surface area contributed by atoms with Gasteiger partial charge in [-0.05, 0) is 25.7 Å². The molecule has 0 spiro atoms. The second kappa shape index (κ2) is 7.54. The van der Waals surface area contributed by atoms with Crippen LogP contribution in [0.2, 0.25) is 0 Å². The molecule has 0 N–H and O–H groups in total. The molecule has 1 aliphatic rings. The lowest BCUT2D eigenvalue weighted by Crippen LogP contribution is -2.36. The van der Waals surface area contributed by atoms with Crippen LogP contribution in [0.3, 0.4) is 0 Å². The van der Waals surface area contributed by atoms with Crippen molar-refractivity contribution < 1.29 is 0 Å². The van der Waals surface area contributed by atoms with E-state index in [1.54, 1.807) is 0 Å². The SMILES string of the molecule is C=CCCN(C(=C)CCC)C1CCCCC1. The van der Waals surface area contributed by atoms with Gasteiger partial charge in [0.05, 0.1) is 0 Å². The van der Waals surface area contributed by atoms with E-state index in [1.165, 1.54) is 44.2 Å². The molecule has 1 aliphatic carbocycles. The second-order valence-electron chi connectivity index (χ2n) is 4.88. The Labute approximate surface area is 101 Å². The highest BCUT2D eigenvalue weighted by atomic mass is 15.2. The molecule has 0 amide bonds. The number of rotatable bonds is 7. The minimum atomic E-state index is 0.757. The third kappa shape index (κ3) is 4.03. The van der Waals surface area contributed by atoms with E-state index in [-0.39, 0.29) is 0 Å². The van der Waals surface area contributed by atoms with Gasteiger partial charge in [0.25, 0.3) is 0 Å². The van der Waals surface area contributed by atoms with Gasteiger partial charge in [0.1, 0.15) is 0 Å². The summed E-state index contributed by atoms with van der Waals surface area (Å²) >= 11 is 0. The van der Waals surface area contributed by atoms with Crippen molar-refractivity contribution in [2.75, 3.05) is 6.54 Å². The molecule has 92 valence electrons. The Hall–Kier alpha value is -0.720. The second-order valence-corrected chi connectivity index (χ2v) is 4.88. The number of hydrogen-bond donors (Lipinski definition) is 0. The molecular formula is C15H27N. The van der Waals surface area contributed by atoms with E-state index in [0.29, 0.717) is 0 Å². The maximum atomic E-state index is 4.26. The van der Waals surface area contributed by atoms with Gasteiger partial charge in [-0.2, -0.15) is 0 Å². The van der Waals surface area contributed by atoms with Crippen LogP contribution < -0.4 is 0 Å². The van der Waals surface area contributed by atoms with E-state index in [1.807, 2.05) is 6.08 Å². The molecular weight excluding hydrogens is 194 g/mol. The van der Waals surface area contributed by atoms with Crippen LogP contribution in [0.5, 0.6) is 0 Å². The van der Waals surface area contributed by atoms with Crippen molar-refractivity contribution in [1.29, 1.82) is 0 Å². The molecule has 0 aliphatic heterocycles. The van der Waals surface area contributed by atoms with Crippen LogP contribution in [0.4, 0.5) is 0 Å². The van der Waals surface area contributed by atoms with E-state index in [2.05, 4.69) is 25.0 Å². The topological polar surface area (TPSA) is 3.24 Å². The summed E-state index contributed by atoms with van der Waals surface area (Å²) in [7, 11) is 0. The summed E-state index contributed by atoms with van der Waals surface area (Å²) in [6.45, 7) is 11.4. The summed E-state index contributed by atoms with van der Waals surface area (Å²) < 4.78 is 0. The molecule has 1 fully saturated rings. The quantitative estimate of drug-likeness (QED) is 0.572. The highest BCUT2D eigenvalue weighted by Crippen LogP contribution is 2.26. The molecule has 0 aromatic heterocycles. The van der Waals surface area contributed by atoms with Crippen molar-refractivity contribution in [3.63, 3.8) is 0 Å². The van der Waals surface area contributed by atoms with Gasteiger partial charge >= 0.3 is 0 Å². The Morgan fingerprint density at radius 2 is 2.00 bits per heavy atom. The Kier molecular flexibility index (Phi) is 6.29.